The quantitative estimate of drug-likeness (QED) is 0.701. The van der Waals surface area contributed by atoms with Crippen LogP contribution in [-0.4, -0.2) is 73.1 Å². The van der Waals surface area contributed by atoms with E-state index in [1.54, 1.807) is 6.20 Å². The van der Waals surface area contributed by atoms with Gasteiger partial charge < -0.3 is 29.9 Å². The summed E-state index contributed by atoms with van der Waals surface area (Å²) in [5, 5.41) is 13.6. The molecule has 1 aromatic heterocycles. The maximum absolute atomic E-state index is 12.5. The zero-order chi connectivity index (χ0) is 19.3. The second-order valence-corrected chi connectivity index (χ2v) is 9.59. The largest absolute Gasteiger partial charge is 0.502 e. The van der Waals surface area contributed by atoms with Crippen LogP contribution in [0.4, 0.5) is 11.5 Å². The first-order valence-corrected chi connectivity index (χ1v) is 10.8. The predicted molar refractivity (Wildman–Crippen MR) is 113 cm³/mol. The molecule has 0 atom stereocenters. The molecule has 3 saturated heterocycles. The molecular weight excluding hydrogens is 364 g/mol. The van der Waals surface area contributed by atoms with Crippen LogP contribution in [0, 0.1) is 0 Å². The Balaban J connectivity index is 0.000000364. The molecule has 0 bridgehead atoms. The molecule has 3 N–H and O–H groups in total. The maximum atomic E-state index is 12.5. The van der Waals surface area contributed by atoms with E-state index in [-0.39, 0.29) is 15.9 Å². The highest BCUT2D eigenvalue weighted by Crippen LogP contribution is 2.34. The Morgan fingerprint density at radius 3 is 2.44 bits per heavy atom. The van der Waals surface area contributed by atoms with Gasteiger partial charge in [-0.3, -0.25) is 4.79 Å². The number of aromatic amines is 1. The van der Waals surface area contributed by atoms with Gasteiger partial charge in [0.1, 0.15) is 5.69 Å². The molecule has 3 aliphatic heterocycles. The summed E-state index contributed by atoms with van der Waals surface area (Å²) >= 11 is 1.92. The zero-order valence-electron chi connectivity index (χ0n) is 16.4. The molecule has 0 aliphatic carbocycles. The lowest BCUT2D eigenvalue weighted by Crippen LogP contribution is -2.44. The van der Waals surface area contributed by atoms with Crippen LogP contribution in [0.1, 0.15) is 26.7 Å². The van der Waals surface area contributed by atoms with Gasteiger partial charge in [0.25, 0.3) is 0 Å². The molecule has 3 aliphatic rings. The smallest absolute Gasteiger partial charge is 0.248 e. The standard InChI is InChI=1S/C15H23N3O3S.C4H9N/c1-15(2)10-18(5-8-22-15)14-13(20)12(19)11(9-16-14)17-3-6-21-7-4-17;1-2-4-5-3-1/h9,20H,3-8,10H2,1-2H3,(H,16,19);5H,1-4H2. The molecule has 0 unspecified atom stereocenters. The third kappa shape index (κ3) is 5.33. The third-order valence-corrected chi connectivity index (χ3v) is 6.37. The van der Waals surface area contributed by atoms with E-state index in [2.05, 4.69) is 29.0 Å². The molecule has 1 aromatic rings. The Hall–Kier alpha value is -1.38. The summed E-state index contributed by atoms with van der Waals surface area (Å²) in [6.07, 6.45) is 4.50. The van der Waals surface area contributed by atoms with Gasteiger partial charge in [0.15, 0.2) is 5.82 Å². The minimum atomic E-state index is -0.299. The Morgan fingerprint density at radius 2 is 1.85 bits per heavy atom. The number of anilines is 2. The van der Waals surface area contributed by atoms with Crippen molar-refractivity contribution in [1.82, 2.24) is 10.3 Å². The van der Waals surface area contributed by atoms with Gasteiger partial charge in [-0.25, -0.2) is 0 Å². The van der Waals surface area contributed by atoms with Crippen molar-refractivity contribution < 1.29 is 9.84 Å². The topological polar surface area (TPSA) is 80.8 Å². The highest BCUT2D eigenvalue weighted by atomic mass is 32.2. The van der Waals surface area contributed by atoms with Crippen LogP contribution in [0.15, 0.2) is 11.0 Å². The van der Waals surface area contributed by atoms with Gasteiger partial charge in [-0.2, -0.15) is 11.8 Å². The summed E-state index contributed by atoms with van der Waals surface area (Å²) in [6, 6.07) is 0. The van der Waals surface area contributed by atoms with E-state index in [1.807, 2.05) is 16.7 Å². The minimum absolute atomic E-state index is 0.116. The van der Waals surface area contributed by atoms with Gasteiger partial charge in [-0.1, -0.05) is 0 Å². The molecule has 3 fully saturated rings. The number of pyridine rings is 1. The van der Waals surface area contributed by atoms with Crippen molar-refractivity contribution >= 4 is 23.3 Å². The second-order valence-electron chi connectivity index (χ2n) is 7.79. The summed E-state index contributed by atoms with van der Waals surface area (Å²) in [5.41, 5.74) is 0.224. The summed E-state index contributed by atoms with van der Waals surface area (Å²) in [5.74, 6) is 1.35. The van der Waals surface area contributed by atoms with Crippen molar-refractivity contribution in [3.63, 3.8) is 0 Å². The van der Waals surface area contributed by atoms with E-state index in [1.165, 1.54) is 25.9 Å². The predicted octanol–water partition coefficient (Wildman–Crippen LogP) is 1.62. The average molecular weight is 397 g/mol. The van der Waals surface area contributed by atoms with Crippen molar-refractivity contribution in [3.8, 4) is 5.75 Å². The summed E-state index contributed by atoms with van der Waals surface area (Å²) in [6.45, 7) is 11.1. The first-order valence-electron chi connectivity index (χ1n) is 9.85. The molecule has 4 rings (SSSR count). The highest BCUT2D eigenvalue weighted by Gasteiger charge is 2.30. The van der Waals surface area contributed by atoms with Crippen LogP contribution in [0.25, 0.3) is 0 Å². The lowest BCUT2D eigenvalue weighted by molar-refractivity contribution is 0.122. The number of aromatic nitrogens is 1. The van der Waals surface area contributed by atoms with Gasteiger partial charge >= 0.3 is 0 Å². The SMILES string of the molecule is C1CCNC1.CC1(C)CN(c2[nH]cc(N3CCOCC3)c(=O)c2O)CCS1. The normalized spacial score (nSPS) is 22.3. The first-order chi connectivity index (χ1) is 13.0. The summed E-state index contributed by atoms with van der Waals surface area (Å²) < 4.78 is 5.42. The van der Waals surface area contributed by atoms with Crippen molar-refractivity contribution in [2.75, 3.05) is 68.0 Å². The molecule has 8 heteroatoms. The molecule has 0 spiro atoms. The molecule has 0 radical (unpaired) electrons. The summed E-state index contributed by atoms with van der Waals surface area (Å²) in [7, 11) is 0. The lowest BCUT2D eigenvalue weighted by Gasteiger charge is -2.38. The van der Waals surface area contributed by atoms with Crippen LogP contribution in [-0.2, 0) is 4.74 Å². The molecule has 7 nitrogen and oxygen atoms in total. The molecule has 0 aromatic carbocycles. The number of morpholine rings is 1. The van der Waals surface area contributed by atoms with Gasteiger partial charge in [0.2, 0.25) is 11.2 Å². The van der Waals surface area contributed by atoms with Gasteiger partial charge in [0.05, 0.1) is 13.2 Å². The Bertz CT molecular complexity index is 662. The lowest BCUT2D eigenvalue weighted by atomic mass is 10.2. The maximum Gasteiger partial charge on any atom is 0.248 e. The van der Waals surface area contributed by atoms with Crippen molar-refractivity contribution in [3.05, 3.63) is 16.4 Å². The van der Waals surface area contributed by atoms with Crippen LogP contribution >= 0.6 is 11.8 Å². The third-order valence-electron chi connectivity index (χ3n) is 5.07. The Labute approximate surface area is 165 Å². The number of ether oxygens (including phenoxy) is 1. The van der Waals surface area contributed by atoms with E-state index >= 15 is 0 Å². The molecule has 4 heterocycles. The molecular formula is C19H32N4O3S. The van der Waals surface area contributed by atoms with Crippen LogP contribution in [0.5, 0.6) is 5.75 Å². The number of hydrogen-bond acceptors (Lipinski definition) is 7. The second kappa shape index (κ2) is 9.21. The van der Waals surface area contributed by atoms with Crippen LogP contribution < -0.4 is 20.5 Å². The van der Waals surface area contributed by atoms with E-state index in [9.17, 15) is 9.90 Å². The van der Waals surface area contributed by atoms with E-state index < -0.39 is 0 Å². The number of nitrogens with zero attached hydrogens (tertiary/aromatic N) is 2. The number of nitrogens with one attached hydrogen (secondary N) is 2. The van der Waals surface area contributed by atoms with Gasteiger partial charge in [-0.15, -0.1) is 0 Å². The number of rotatable bonds is 2. The van der Waals surface area contributed by atoms with Crippen molar-refractivity contribution in [2.45, 2.75) is 31.4 Å². The first kappa shape index (κ1) is 20.4. The van der Waals surface area contributed by atoms with Crippen LogP contribution in [0.2, 0.25) is 0 Å². The van der Waals surface area contributed by atoms with E-state index in [4.69, 9.17) is 4.74 Å². The molecule has 152 valence electrons. The zero-order valence-corrected chi connectivity index (χ0v) is 17.2. The number of thioether (sulfide) groups is 1. The fourth-order valence-electron chi connectivity index (χ4n) is 3.61. The number of H-pyrrole nitrogens is 1. The van der Waals surface area contributed by atoms with E-state index in [0.29, 0.717) is 37.8 Å². The monoisotopic (exact) mass is 396 g/mol. The fraction of sp³-hybridized carbons (Fsp3) is 0.737. The number of hydrogen-bond donors (Lipinski definition) is 3. The molecule has 27 heavy (non-hydrogen) atoms. The average Bonchev–Trinajstić information content (AvgIpc) is 3.24. The minimum Gasteiger partial charge on any atom is -0.502 e. The Morgan fingerprint density at radius 1 is 1.15 bits per heavy atom. The Kier molecular flexibility index (Phi) is 6.94. The highest BCUT2D eigenvalue weighted by molar-refractivity contribution is 8.00. The fourth-order valence-corrected chi connectivity index (χ4v) is 4.72. The van der Waals surface area contributed by atoms with Gasteiger partial charge in [0, 0.05) is 42.9 Å². The van der Waals surface area contributed by atoms with Crippen molar-refractivity contribution in [1.29, 1.82) is 0 Å². The molecule has 0 amide bonds. The van der Waals surface area contributed by atoms with Gasteiger partial charge in [-0.05, 0) is 39.8 Å². The molecule has 0 saturated carbocycles. The number of aromatic hydroxyl groups is 1. The summed E-state index contributed by atoms with van der Waals surface area (Å²) in [4.78, 5) is 19.7. The van der Waals surface area contributed by atoms with E-state index in [0.717, 1.165) is 18.8 Å². The van der Waals surface area contributed by atoms with Crippen LogP contribution in [0.3, 0.4) is 0 Å². The van der Waals surface area contributed by atoms with Crippen molar-refractivity contribution in [2.24, 2.45) is 0 Å².